The molecule has 0 saturated carbocycles. The van der Waals surface area contributed by atoms with Crippen molar-refractivity contribution in [2.45, 2.75) is 39.7 Å². The number of nitriles is 1. The number of aryl methyl sites for hydroxylation is 2. The molecule has 0 fully saturated rings. The van der Waals surface area contributed by atoms with Gasteiger partial charge in [-0.15, -0.1) is 10.2 Å². The van der Waals surface area contributed by atoms with Crippen molar-refractivity contribution in [3.8, 4) is 34.6 Å². The summed E-state index contributed by atoms with van der Waals surface area (Å²) in [5, 5.41) is 27.1. The fourth-order valence-corrected chi connectivity index (χ4v) is 3.31. The van der Waals surface area contributed by atoms with Gasteiger partial charge < -0.3 is 14.4 Å². The minimum absolute atomic E-state index is 0.0224. The van der Waals surface area contributed by atoms with Crippen LogP contribution in [0.5, 0.6) is 5.75 Å². The summed E-state index contributed by atoms with van der Waals surface area (Å²) < 4.78 is 7.58. The number of carboxylic acid groups (broad SMARTS) is 1. The van der Waals surface area contributed by atoms with Gasteiger partial charge in [-0.2, -0.15) is 5.26 Å². The lowest BCUT2D eigenvalue weighted by Crippen LogP contribution is -2.07. The smallest absolute Gasteiger partial charge is 0.303 e. The second-order valence-electron chi connectivity index (χ2n) is 7.44. The van der Waals surface area contributed by atoms with Crippen LogP contribution in [0.25, 0.3) is 22.8 Å². The lowest BCUT2D eigenvalue weighted by atomic mass is 10.0. The first-order chi connectivity index (χ1) is 14.3. The van der Waals surface area contributed by atoms with Gasteiger partial charge in [0.1, 0.15) is 11.8 Å². The Labute approximate surface area is 175 Å². The quantitative estimate of drug-likeness (QED) is 0.635. The highest BCUT2D eigenvalue weighted by Gasteiger charge is 2.16. The molecule has 0 aliphatic carbocycles. The molecule has 0 spiro atoms. The summed E-state index contributed by atoms with van der Waals surface area (Å²) in [5.41, 5.74) is 4.12. The van der Waals surface area contributed by atoms with Crippen LogP contribution in [0, 0.1) is 18.3 Å². The van der Waals surface area contributed by atoms with Crippen molar-refractivity contribution in [1.82, 2.24) is 14.8 Å². The zero-order chi connectivity index (χ0) is 21.8. The summed E-state index contributed by atoms with van der Waals surface area (Å²) in [6.45, 7) is 5.80. The minimum atomic E-state index is -0.809. The van der Waals surface area contributed by atoms with Crippen LogP contribution < -0.4 is 4.74 Å². The van der Waals surface area contributed by atoms with E-state index in [1.807, 2.05) is 56.7 Å². The normalized spacial score (nSPS) is 10.8. The number of rotatable bonds is 7. The summed E-state index contributed by atoms with van der Waals surface area (Å²) in [6.07, 6.45) is 0.568. The van der Waals surface area contributed by atoms with Crippen LogP contribution in [0.2, 0.25) is 0 Å². The van der Waals surface area contributed by atoms with Crippen molar-refractivity contribution >= 4 is 5.97 Å². The second-order valence-corrected chi connectivity index (χ2v) is 7.44. The number of ether oxygens (including phenoxy) is 1. The number of hydrogen-bond acceptors (Lipinski definition) is 5. The van der Waals surface area contributed by atoms with E-state index in [1.165, 1.54) is 0 Å². The van der Waals surface area contributed by atoms with Gasteiger partial charge in [0.2, 0.25) is 0 Å². The van der Waals surface area contributed by atoms with Gasteiger partial charge in [-0.1, -0.05) is 18.2 Å². The van der Waals surface area contributed by atoms with Gasteiger partial charge >= 0.3 is 5.97 Å². The van der Waals surface area contributed by atoms with Gasteiger partial charge in [0.15, 0.2) is 11.6 Å². The average Bonchev–Trinajstić information content (AvgIpc) is 3.07. The summed E-state index contributed by atoms with van der Waals surface area (Å²) in [5.74, 6) is 1.09. The third-order valence-electron chi connectivity index (χ3n) is 4.75. The number of hydrogen-bond donors (Lipinski definition) is 1. The Bertz CT molecular complexity index is 1130. The number of nitrogens with zero attached hydrogens (tertiary/aromatic N) is 4. The molecule has 7 nitrogen and oxygen atoms in total. The van der Waals surface area contributed by atoms with E-state index in [1.54, 1.807) is 12.1 Å². The van der Waals surface area contributed by atoms with Crippen LogP contribution in [0.15, 0.2) is 36.4 Å². The summed E-state index contributed by atoms with van der Waals surface area (Å²) in [6, 6.07) is 13.4. The zero-order valence-corrected chi connectivity index (χ0v) is 17.5. The predicted octanol–water partition coefficient (Wildman–Crippen LogP) is 4.13. The first kappa shape index (κ1) is 21.1. The predicted molar refractivity (Wildman–Crippen MR) is 113 cm³/mol. The van der Waals surface area contributed by atoms with E-state index in [0.29, 0.717) is 29.4 Å². The molecule has 7 heteroatoms. The van der Waals surface area contributed by atoms with Gasteiger partial charge in [-0.3, -0.25) is 4.79 Å². The number of carboxylic acids is 1. The molecule has 0 saturated heterocycles. The molecule has 0 bridgehead atoms. The van der Waals surface area contributed by atoms with Crippen LogP contribution in [0.3, 0.4) is 0 Å². The average molecular weight is 404 g/mol. The van der Waals surface area contributed by atoms with Gasteiger partial charge in [0.05, 0.1) is 11.7 Å². The monoisotopic (exact) mass is 404 g/mol. The molecule has 0 unspecified atom stereocenters. The minimum Gasteiger partial charge on any atom is -0.490 e. The van der Waals surface area contributed by atoms with Crippen LogP contribution in [-0.2, 0) is 18.3 Å². The molecule has 0 aliphatic heterocycles. The SMILES string of the molecule is Cc1cc(CCC(=O)O)ccc1-c1nnc(-c2ccc(OC(C)C)c(C#N)c2)n1C. The Morgan fingerprint density at radius 2 is 1.93 bits per heavy atom. The maximum absolute atomic E-state index is 10.8. The topological polar surface area (TPSA) is 101 Å². The Morgan fingerprint density at radius 3 is 2.57 bits per heavy atom. The summed E-state index contributed by atoms with van der Waals surface area (Å²) in [7, 11) is 1.88. The van der Waals surface area contributed by atoms with Crippen LogP contribution >= 0.6 is 0 Å². The molecule has 3 rings (SSSR count). The van der Waals surface area contributed by atoms with Crippen LogP contribution in [-0.4, -0.2) is 31.9 Å². The number of carbonyl (C=O) groups is 1. The fraction of sp³-hybridized carbons (Fsp3) is 0.304. The molecular formula is C23H24N4O3. The maximum Gasteiger partial charge on any atom is 0.303 e. The standard InChI is InChI=1S/C23H24N4O3/c1-14(2)30-20-9-7-17(12-18(20)13-24)22-25-26-23(27(22)4)19-8-5-16(11-15(19)3)6-10-21(28)29/h5,7-9,11-12,14H,6,10H2,1-4H3,(H,28,29). The highest BCUT2D eigenvalue weighted by molar-refractivity contribution is 5.68. The summed E-state index contributed by atoms with van der Waals surface area (Å²) >= 11 is 0. The molecule has 1 aromatic heterocycles. The molecular weight excluding hydrogens is 380 g/mol. The molecule has 0 amide bonds. The van der Waals surface area contributed by atoms with Crippen molar-refractivity contribution < 1.29 is 14.6 Å². The molecule has 2 aromatic carbocycles. The van der Waals surface area contributed by atoms with Gasteiger partial charge in [-0.05, 0) is 56.5 Å². The number of aromatic nitrogens is 3. The zero-order valence-electron chi connectivity index (χ0n) is 17.5. The van der Waals surface area contributed by atoms with Crippen LogP contribution in [0.4, 0.5) is 0 Å². The second kappa shape index (κ2) is 8.78. The Hall–Kier alpha value is -3.66. The Kier molecular flexibility index (Phi) is 6.17. The molecule has 0 radical (unpaired) electrons. The molecule has 1 heterocycles. The molecule has 0 aliphatic rings. The van der Waals surface area contributed by atoms with Crippen molar-refractivity contribution in [3.05, 3.63) is 53.1 Å². The van der Waals surface area contributed by atoms with E-state index in [9.17, 15) is 10.1 Å². The molecule has 30 heavy (non-hydrogen) atoms. The van der Waals surface area contributed by atoms with Gasteiger partial charge in [-0.25, -0.2) is 0 Å². The lowest BCUT2D eigenvalue weighted by molar-refractivity contribution is -0.136. The van der Waals surface area contributed by atoms with Gasteiger partial charge in [0.25, 0.3) is 0 Å². The number of aliphatic carboxylic acids is 1. The molecule has 1 N–H and O–H groups in total. The lowest BCUT2D eigenvalue weighted by Gasteiger charge is -2.12. The van der Waals surface area contributed by atoms with E-state index in [0.717, 1.165) is 22.3 Å². The van der Waals surface area contributed by atoms with Crippen molar-refractivity contribution in [3.63, 3.8) is 0 Å². The van der Waals surface area contributed by atoms with Gasteiger partial charge in [0, 0.05) is 24.6 Å². The van der Waals surface area contributed by atoms with E-state index in [4.69, 9.17) is 9.84 Å². The first-order valence-electron chi connectivity index (χ1n) is 9.72. The Morgan fingerprint density at radius 1 is 1.20 bits per heavy atom. The highest BCUT2D eigenvalue weighted by atomic mass is 16.5. The molecule has 0 atom stereocenters. The highest BCUT2D eigenvalue weighted by Crippen LogP contribution is 2.29. The fourth-order valence-electron chi connectivity index (χ4n) is 3.31. The van der Waals surface area contributed by atoms with Crippen molar-refractivity contribution in [1.29, 1.82) is 5.26 Å². The van der Waals surface area contributed by atoms with Crippen LogP contribution in [0.1, 0.15) is 37.0 Å². The third-order valence-corrected chi connectivity index (χ3v) is 4.75. The van der Waals surface area contributed by atoms with Crippen molar-refractivity contribution in [2.75, 3.05) is 0 Å². The van der Waals surface area contributed by atoms with E-state index in [-0.39, 0.29) is 12.5 Å². The maximum atomic E-state index is 10.8. The van der Waals surface area contributed by atoms with E-state index < -0.39 is 5.97 Å². The van der Waals surface area contributed by atoms with Crippen molar-refractivity contribution in [2.24, 2.45) is 7.05 Å². The van der Waals surface area contributed by atoms with E-state index >= 15 is 0 Å². The molecule has 3 aromatic rings. The largest absolute Gasteiger partial charge is 0.490 e. The first-order valence-corrected chi connectivity index (χ1v) is 9.72. The summed E-state index contributed by atoms with van der Waals surface area (Å²) in [4.78, 5) is 10.8. The number of benzene rings is 2. The molecule has 154 valence electrons. The Balaban J connectivity index is 1.93. The van der Waals surface area contributed by atoms with E-state index in [2.05, 4.69) is 16.3 Å². The third kappa shape index (κ3) is 4.49.